The van der Waals surface area contributed by atoms with E-state index in [9.17, 15) is 4.79 Å². The number of anilines is 1. The molecule has 1 aliphatic carbocycles. The fraction of sp³-hybridized carbons (Fsp3) is 0.357. The van der Waals surface area contributed by atoms with Crippen molar-refractivity contribution in [1.29, 1.82) is 0 Å². The number of aromatic nitrogens is 1. The zero-order valence-corrected chi connectivity index (χ0v) is 21.8. The Balaban J connectivity index is 1.64. The van der Waals surface area contributed by atoms with Crippen molar-refractivity contribution in [3.05, 3.63) is 64.0 Å². The molecule has 0 radical (unpaired) electrons. The fourth-order valence-electron chi connectivity index (χ4n) is 5.48. The number of carbonyl (C=O) groups is 1. The van der Waals surface area contributed by atoms with Crippen molar-refractivity contribution in [3.63, 3.8) is 0 Å². The molecule has 5 rings (SSSR count). The smallest absolute Gasteiger partial charge is 0.233 e. The summed E-state index contributed by atoms with van der Waals surface area (Å²) in [6.07, 6.45) is 0.962. The second-order valence-electron chi connectivity index (χ2n) is 9.03. The molecule has 9 heteroatoms. The van der Waals surface area contributed by atoms with E-state index in [4.69, 9.17) is 28.2 Å². The Labute approximate surface area is 215 Å². The van der Waals surface area contributed by atoms with Crippen molar-refractivity contribution in [2.75, 3.05) is 40.9 Å². The average molecular weight is 507 g/mol. The minimum absolute atomic E-state index is 0.0432. The van der Waals surface area contributed by atoms with Crippen LogP contribution in [0.3, 0.4) is 0 Å². The Hall–Kier alpha value is -4.14. The molecule has 3 aromatic rings. The van der Waals surface area contributed by atoms with Gasteiger partial charge in [0.15, 0.2) is 28.8 Å². The Kier molecular flexibility index (Phi) is 6.45. The number of carbonyl (C=O) groups excluding carboxylic acids is 1. The lowest BCUT2D eigenvalue weighted by molar-refractivity contribution is -0.116. The molecule has 0 amide bonds. The highest BCUT2D eigenvalue weighted by atomic mass is 16.5. The maximum atomic E-state index is 13.9. The first-order valence-corrected chi connectivity index (χ1v) is 12.0. The Morgan fingerprint density at radius 2 is 1.57 bits per heavy atom. The molecule has 2 aromatic carbocycles. The van der Waals surface area contributed by atoms with Crippen LogP contribution in [0.25, 0.3) is 0 Å². The van der Waals surface area contributed by atoms with Gasteiger partial charge in [0, 0.05) is 23.3 Å². The first-order chi connectivity index (χ1) is 17.9. The first-order valence-electron chi connectivity index (χ1n) is 12.0. The third-order valence-electron chi connectivity index (χ3n) is 7.18. The van der Waals surface area contributed by atoms with Crippen LogP contribution in [0, 0.1) is 6.92 Å². The molecule has 9 nitrogen and oxygen atoms in total. The van der Waals surface area contributed by atoms with Crippen LogP contribution >= 0.6 is 0 Å². The zero-order chi connectivity index (χ0) is 26.3. The van der Waals surface area contributed by atoms with Gasteiger partial charge in [0.1, 0.15) is 0 Å². The summed E-state index contributed by atoms with van der Waals surface area (Å²) in [5.41, 5.74) is 4.77. The third-order valence-corrected chi connectivity index (χ3v) is 7.18. The van der Waals surface area contributed by atoms with E-state index in [1.165, 1.54) is 0 Å². The highest BCUT2D eigenvalue weighted by molar-refractivity contribution is 6.02. The molecule has 0 fully saturated rings. The van der Waals surface area contributed by atoms with Gasteiger partial charge in [-0.2, -0.15) is 0 Å². The predicted octanol–water partition coefficient (Wildman–Crippen LogP) is 4.98. The van der Waals surface area contributed by atoms with Crippen molar-refractivity contribution < 1.29 is 33.0 Å². The van der Waals surface area contributed by atoms with E-state index in [-0.39, 0.29) is 11.7 Å². The van der Waals surface area contributed by atoms with Gasteiger partial charge in [0.25, 0.3) is 0 Å². The monoisotopic (exact) mass is 506 g/mol. The lowest BCUT2D eigenvalue weighted by atomic mass is 9.72. The SMILES string of the molecule is COc1ccc([C@H]2CC(=O)C3=C(C2)Nc2onc(C)c2[C@H]3c2ccc(OC)c(OC)c2OC)cc1OC. The minimum atomic E-state index is -0.439. The first kappa shape index (κ1) is 24.5. The number of Topliss-reactive ketones (excluding diaryl/α,β-unsaturated/α-hetero) is 1. The predicted molar refractivity (Wildman–Crippen MR) is 136 cm³/mol. The molecule has 2 aliphatic rings. The number of hydrogen-bond donors (Lipinski definition) is 1. The normalized spacial score (nSPS) is 18.5. The molecule has 2 heterocycles. The maximum absolute atomic E-state index is 13.9. The van der Waals surface area contributed by atoms with Gasteiger partial charge in [-0.05, 0) is 43.0 Å². The summed E-state index contributed by atoms with van der Waals surface area (Å²) < 4.78 is 33.5. The van der Waals surface area contributed by atoms with E-state index in [2.05, 4.69) is 10.5 Å². The summed E-state index contributed by atoms with van der Waals surface area (Å²) in [4.78, 5) is 13.9. The average Bonchev–Trinajstić information content (AvgIpc) is 3.30. The summed E-state index contributed by atoms with van der Waals surface area (Å²) >= 11 is 0. The van der Waals surface area contributed by atoms with Crippen molar-refractivity contribution in [1.82, 2.24) is 5.16 Å². The number of rotatable bonds is 7. The van der Waals surface area contributed by atoms with Crippen molar-refractivity contribution >= 4 is 11.7 Å². The number of nitrogens with zero attached hydrogens (tertiary/aromatic N) is 1. The molecule has 2 atom stereocenters. The molecule has 1 N–H and O–H groups in total. The summed E-state index contributed by atoms with van der Waals surface area (Å²) in [6, 6.07) is 9.51. The van der Waals surface area contributed by atoms with Gasteiger partial charge in [-0.15, -0.1) is 0 Å². The van der Waals surface area contributed by atoms with E-state index < -0.39 is 5.92 Å². The number of methoxy groups -OCH3 is 5. The molecule has 0 saturated heterocycles. The third kappa shape index (κ3) is 3.94. The van der Waals surface area contributed by atoms with E-state index in [0.29, 0.717) is 58.7 Å². The molecule has 0 saturated carbocycles. The molecule has 1 aliphatic heterocycles. The molecule has 37 heavy (non-hydrogen) atoms. The van der Waals surface area contributed by atoms with Crippen LogP contribution in [0.5, 0.6) is 28.7 Å². The number of hydrogen-bond acceptors (Lipinski definition) is 9. The van der Waals surface area contributed by atoms with Crippen molar-refractivity contribution in [3.8, 4) is 28.7 Å². The van der Waals surface area contributed by atoms with Crippen LogP contribution in [0.4, 0.5) is 5.88 Å². The number of allylic oxidation sites excluding steroid dienone is 2. The van der Waals surface area contributed by atoms with Crippen molar-refractivity contribution in [2.24, 2.45) is 0 Å². The topological polar surface area (TPSA) is 101 Å². The number of fused-ring (bicyclic) bond motifs is 1. The lowest BCUT2D eigenvalue weighted by Crippen LogP contribution is -2.29. The minimum Gasteiger partial charge on any atom is -0.493 e. The van der Waals surface area contributed by atoms with Gasteiger partial charge < -0.3 is 33.5 Å². The van der Waals surface area contributed by atoms with Gasteiger partial charge in [0.2, 0.25) is 11.6 Å². The number of benzene rings is 2. The molecule has 1 aromatic heterocycles. The van der Waals surface area contributed by atoms with Gasteiger partial charge in [-0.25, -0.2) is 0 Å². The van der Waals surface area contributed by atoms with E-state index >= 15 is 0 Å². The fourth-order valence-corrected chi connectivity index (χ4v) is 5.48. The molecular weight excluding hydrogens is 476 g/mol. The molecule has 0 unspecified atom stereocenters. The van der Waals surface area contributed by atoms with Crippen LogP contribution in [0.15, 0.2) is 46.1 Å². The van der Waals surface area contributed by atoms with Crippen molar-refractivity contribution in [2.45, 2.75) is 31.6 Å². The Morgan fingerprint density at radius 3 is 2.24 bits per heavy atom. The zero-order valence-electron chi connectivity index (χ0n) is 21.8. The second-order valence-corrected chi connectivity index (χ2v) is 9.03. The number of ether oxygens (including phenoxy) is 5. The largest absolute Gasteiger partial charge is 0.493 e. The van der Waals surface area contributed by atoms with Gasteiger partial charge in [0.05, 0.1) is 52.7 Å². The van der Waals surface area contributed by atoms with Crippen LogP contribution in [0.1, 0.15) is 47.1 Å². The van der Waals surface area contributed by atoms with Crippen LogP contribution in [-0.4, -0.2) is 46.5 Å². The Bertz CT molecular complexity index is 1390. The highest BCUT2D eigenvalue weighted by Crippen LogP contribution is 2.53. The summed E-state index contributed by atoms with van der Waals surface area (Å²) in [5.74, 6) is 2.87. The van der Waals surface area contributed by atoms with Gasteiger partial charge in [-0.1, -0.05) is 17.3 Å². The molecule has 194 valence electrons. The van der Waals surface area contributed by atoms with Crippen LogP contribution in [-0.2, 0) is 4.79 Å². The summed E-state index contributed by atoms with van der Waals surface area (Å²) in [5, 5.41) is 7.57. The standard InChI is InChI=1S/C28H30N2O7/c1-14-23-24(17-8-10-21(33-3)27(36-6)26(17)35-5)25-18(29-28(23)37-30-14)11-16(12-19(25)31)15-7-9-20(32-2)22(13-15)34-4/h7-10,13,16,24,29H,11-12H2,1-6H3/t16-,24-/m1/s1. The summed E-state index contributed by atoms with van der Waals surface area (Å²) in [6.45, 7) is 1.87. The highest BCUT2D eigenvalue weighted by Gasteiger charge is 2.43. The van der Waals surface area contributed by atoms with Gasteiger partial charge >= 0.3 is 0 Å². The second kappa shape index (κ2) is 9.72. The molecule has 0 bridgehead atoms. The van der Waals surface area contributed by atoms with Crippen LogP contribution in [0.2, 0.25) is 0 Å². The number of nitrogens with one attached hydrogen (secondary N) is 1. The van der Waals surface area contributed by atoms with E-state index in [1.54, 1.807) is 35.5 Å². The van der Waals surface area contributed by atoms with Gasteiger partial charge in [-0.3, -0.25) is 4.79 Å². The number of ketones is 1. The van der Waals surface area contributed by atoms with E-state index in [1.807, 2.05) is 37.3 Å². The summed E-state index contributed by atoms with van der Waals surface area (Å²) in [7, 11) is 7.92. The van der Waals surface area contributed by atoms with Crippen LogP contribution < -0.4 is 29.0 Å². The van der Waals surface area contributed by atoms with E-state index in [0.717, 1.165) is 22.4 Å². The molecular formula is C28H30N2O7. The lowest BCUT2D eigenvalue weighted by Gasteiger charge is -2.35. The maximum Gasteiger partial charge on any atom is 0.233 e. The molecule has 0 spiro atoms. The quantitative estimate of drug-likeness (QED) is 0.475. The Morgan fingerprint density at radius 1 is 0.865 bits per heavy atom. The number of aryl methyl sites for hydroxylation is 1.